The van der Waals surface area contributed by atoms with Gasteiger partial charge in [-0.1, -0.05) is 316 Å². The van der Waals surface area contributed by atoms with Crippen LogP contribution in [-0.4, -0.2) is 140 Å². The number of aliphatic hydroxyl groups is 8. The summed E-state index contributed by atoms with van der Waals surface area (Å²) in [6.07, 6.45) is 47.6. The lowest BCUT2D eigenvalue weighted by Gasteiger charge is -2.46. The van der Waals surface area contributed by atoms with Crippen LogP contribution < -0.4 is 5.32 Å². The van der Waals surface area contributed by atoms with Crippen LogP contribution >= 0.6 is 0 Å². The largest absolute Gasteiger partial charge is 0.394 e. The summed E-state index contributed by atoms with van der Waals surface area (Å²) in [7, 11) is 0. The summed E-state index contributed by atoms with van der Waals surface area (Å²) in [5, 5.41) is 87.1. The topological polar surface area (TPSA) is 228 Å². The average molecular weight is 1170 g/mol. The van der Waals surface area contributed by atoms with Crippen LogP contribution in [0.15, 0.2) is 0 Å². The Morgan fingerprint density at radius 1 is 0.390 bits per heavy atom. The highest BCUT2D eigenvalue weighted by atomic mass is 16.7. The van der Waals surface area contributed by atoms with Gasteiger partial charge in [0.2, 0.25) is 5.91 Å². The van der Waals surface area contributed by atoms with E-state index in [9.17, 15) is 45.6 Å². The third-order valence-electron chi connectivity index (χ3n) is 17.8. The molecule has 2 heterocycles. The summed E-state index contributed by atoms with van der Waals surface area (Å²) in [5.41, 5.74) is 0. The van der Waals surface area contributed by atoms with Gasteiger partial charge in [-0.2, -0.15) is 0 Å². The van der Waals surface area contributed by atoms with E-state index in [1.54, 1.807) is 0 Å². The molecule has 2 fully saturated rings. The van der Waals surface area contributed by atoms with Crippen molar-refractivity contribution in [3.05, 3.63) is 0 Å². The van der Waals surface area contributed by atoms with Crippen LogP contribution in [-0.2, 0) is 23.7 Å². The van der Waals surface area contributed by atoms with E-state index >= 15 is 0 Å². The molecule has 0 spiro atoms. The van der Waals surface area contributed by atoms with Crippen LogP contribution in [0.25, 0.3) is 0 Å². The molecule has 12 atom stereocenters. The van der Waals surface area contributed by atoms with Crippen molar-refractivity contribution in [3.63, 3.8) is 0 Å². The molecule has 14 nitrogen and oxygen atoms in total. The smallest absolute Gasteiger partial charge is 0.220 e. The van der Waals surface area contributed by atoms with Gasteiger partial charge in [0.15, 0.2) is 12.6 Å². The van der Waals surface area contributed by atoms with Crippen LogP contribution in [0.2, 0.25) is 0 Å². The number of amides is 1. The Balaban J connectivity index is 1.49. The van der Waals surface area contributed by atoms with Gasteiger partial charge in [0.05, 0.1) is 32.0 Å². The molecule has 0 radical (unpaired) electrons. The summed E-state index contributed by atoms with van der Waals surface area (Å²) in [5.74, 6) is -0.201. The van der Waals surface area contributed by atoms with Crippen molar-refractivity contribution < 1.29 is 64.6 Å². The molecule has 2 aliphatic rings. The normalized spacial score (nSPS) is 23.8. The van der Waals surface area contributed by atoms with Gasteiger partial charge in [0, 0.05) is 6.42 Å². The quantitative estimate of drug-likeness (QED) is 0.0259. The molecule has 2 rings (SSSR count). The highest BCUT2D eigenvalue weighted by Gasteiger charge is 2.51. The lowest BCUT2D eigenvalue weighted by atomic mass is 9.97. The molecule has 2 aliphatic heterocycles. The number of aliphatic hydroxyl groups excluding tert-OH is 8. The molecular formula is C68H133NO13. The van der Waals surface area contributed by atoms with Crippen LogP contribution in [0.3, 0.4) is 0 Å². The Labute approximate surface area is 502 Å². The number of nitrogens with one attached hydrogen (secondary N) is 1. The molecular weight excluding hydrogens is 1040 g/mol. The third kappa shape index (κ3) is 38.3. The Bertz CT molecular complexity index is 1380. The van der Waals surface area contributed by atoms with Crippen LogP contribution in [0.4, 0.5) is 0 Å². The average Bonchev–Trinajstić information content (AvgIpc) is 3.38. The molecule has 82 heavy (non-hydrogen) atoms. The molecule has 9 N–H and O–H groups in total. The van der Waals surface area contributed by atoms with Gasteiger partial charge in [-0.25, -0.2) is 0 Å². The van der Waals surface area contributed by atoms with Gasteiger partial charge in [0.1, 0.15) is 48.8 Å². The number of carbonyl (C=O) groups is 1. The molecule has 0 aromatic heterocycles. The molecule has 0 bridgehead atoms. The highest BCUT2D eigenvalue weighted by Crippen LogP contribution is 2.30. The SMILES string of the molecule is CCCCCCCCCCCCCCCCCCCCCCCCCCCCCCCCCCCCCCCCCC(=O)NC(COC1OC(CO)C(OC2OC(CO)C(O)C(O)C2O)C(O)C1O)C(O)CCCCCCCCCCC. The fourth-order valence-electron chi connectivity index (χ4n) is 12.2. The molecule has 2 saturated heterocycles. The van der Waals surface area contributed by atoms with Crippen molar-refractivity contribution in [2.75, 3.05) is 19.8 Å². The monoisotopic (exact) mass is 1170 g/mol. The van der Waals surface area contributed by atoms with E-state index in [1.807, 2.05) is 0 Å². The predicted octanol–water partition coefficient (Wildman–Crippen LogP) is 14.0. The number of hydrogen-bond acceptors (Lipinski definition) is 13. The Hall–Kier alpha value is -1.01. The fraction of sp³-hybridized carbons (Fsp3) is 0.985. The number of ether oxygens (including phenoxy) is 4. The summed E-state index contributed by atoms with van der Waals surface area (Å²) < 4.78 is 22.8. The van der Waals surface area contributed by atoms with Crippen LogP contribution in [0, 0.1) is 0 Å². The lowest BCUT2D eigenvalue weighted by molar-refractivity contribution is -0.359. The number of hydrogen-bond donors (Lipinski definition) is 9. The van der Waals surface area contributed by atoms with Gasteiger partial charge in [-0.15, -0.1) is 0 Å². The van der Waals surface area contributed by atoms with E-state index in [4.69, 9.17) is 18.9 Å². The van der Waals surface area contributed by atoms with Gasteiger partial charge in [-0.05, 0) is 12.8 Å². The fourth-order valence-corrected chi connectivity index (χ4v) is 12.2. The number of unbranched alkanes of at least 4 members (excludes halogenated alkanes) is 46. The molecule has 0 aromatic carbocycles. The van der Waals surface area contributed by atoms with E-state index in [0.29, 0.717) is 12.8 Å². The number of carbonyl (C=O) groups excluding carboxylic acids is 1. The zero-order chi connectivity index (χ0) is 59.5. The summed E-state index contributed by atoms with van der Waals surface area (Å²) >= 11 is 0. The zero-order valence-corrected chi connectivity index (χ0v) is 53.0. The minimum Gasteiger partial charge on any atom is -0.394 e. The lowest BCUT2D eigenvalue weighted by Crippen LogP contribution is -2.65. The van der Waals surface area contributed by atoms with E-state index in [-0.39, 0.29) is 12.5 Å². The van der Waals surface area contributed by atoms with Crippen molar-refractivity contribution in [2.24, 2.45) is 0 Å². The van der Waals surface area contributed by atoms with E-state index in [1.165, 1.54) is 257 Å². The number of rotatable bonds is 59. The third-order valence-corrected chi connectivity index (χ3v) is 17.8. The maximum absolute atomic E-state index is 13.3. The first kappa shape index (κ1) is 77.1. The first-order valence-corrected chi connectivity index (χ1v) is 35.3. The van der Waals surface area contributed by atoms with Crippen molar-refractivity contribution >= 4 is 5.91 Å². The van der Waals surface area contributed by atoms with Crippen molar-refractivity contribution in [2.45, 2.75) is 408 Å². The predicted molar refractivity (Wildman–Crippen MR) is 332 cm³/mol. The molecule has 0 aromatic rings. The van der Waals surface area contributed by atoms with E-state index in [0.717, 1.165) is 51.4 Å². The molecule has 12 unspecified atom stereocenters. The van der Waals surface area contributed by atoms with E-state index < -0.39 is 86.8 Å². The highest BCUT2D eigenvalue weighted by molar-refractivity contribution is 5.76. The minimum absolute atomic E-state index is 0.201. The van der Waals surface area contributed by atoms with Crippen molar-refractivity contribution in [1.29, 1.82) is 0 Å². The Kier molecular flexibility index (Phi) is 50.9. The molecule has 488 valence electrons. The standard InChI is InChI=1S/C68H133NO13/c1-3-5-7-9-11-13-14-15-16-17-18-19-20-21-22-23-24-25-26-27-28-29-30-31-32-33-34-35-36-37-38-39-40-41-42-44-46-48-50-52-60(73)69-56(57(72)51-49-47-45-43-12-10-8-6-4-2)55-79-67-65(78)63(76)66(59(54-71)81-67)82-68-64(77)62(75)61(74)58(53-70)80-68/h56-59,61-68,70-72,74-78H,3-55H2,1-2H3,(H,69,73). The zero-order valence-electron chi connectivity index (χ0n) is 53.0. The first-order valence-electron chi connectivity index (χ1n) is 35.3. The minimum atomic E-state index is -1.78. The first-order chi connectivity index (χ1) is 40.1. The Morgan fingerprint density at radius 3 is 1.04 bits per heavy atom. The maximum atomic E-state index is 13.3. The van der Waals surface area contributed by atoms with Gasteiger partial charge < -0.3 is 65.1 Å². The molecule has 1 amide bonds. The van der Waals surface area contributed by atoms with Gasteiger partial charge in [-0.3, -0.25) is 4.79 Å². The van der Waals surface area contributed by atoms with Gasteiger partial charge >= 0.3 is 0 Å². The maximum Gasteiger partial charge on any atom is 0.220 e. The molecule has 0 aliphatic carbocycles. The molecule has 0 saturated carbocycles. The second-order valence-electron chi connectivity index (χ2n) is 25.4. The van der Waals surface area contributed by atoms with Crippen molar-refractivity contribution in [1.82, 2.24) is 5.32 Å². The Morgan fingerprint density at radius 2 is 0.695 bits per heavy atom. The summed E-state index contributed by atoms with van der Waals surface area (Å²) in [4.78, 5) is 13.3. The summed E-state index contributed by atoms with van der Waals surface area (Å²) in [6.45, 7) is 2.87. The molecule has 14 heteroatoms. The second kappa shape index (κ2) is 54.2. The van der Waals surface area contributed by atoms with Crippen LogP contribution in [0.1, 0.15) is 335 Å². The van der Waals surface area contributed by atoms with Crippen LogP contribution in [0.5, 0.6) is 0 Å². The second-order valence-corrected chi connectivity index (χ2v) is 25.4. The van der Waals surface area contributed by atoms with Gasteiger partial charge in [0.25, 0.3) is 0 Å². The van der Waals surface area contributed by atoms with E-state index in [2.05, 4.69) is 19.2 Å². The van der Waals surface area contributed by atoms with Crippen molar-refractivity contribution in [3.8, 4) is 0 Å². The summed E-state index contributed by atoms with van der Waals surface area (Å²) in [6, 6.07) is -0.821.